The first-order valence-corrected chi connectivity index (χ1v) is 23.1. The molecule has 0 radical (unpaired) electrons. The Kier molecular flexibility index (Phi) is 35.4. The van der Waals surface area contributed by atoms with Gasteiger partial charge in [-0.2, -0.15) is 17.2 Å². The van der Waals surface area contributed by atoms with Crippen LogP contribution in [0, 0.1) is 0 Å². The van der Waals surface area contributed by atoms with Gasteiger partial charge in [0.05, 0.1) is 0 Å². The highest BCUT2D eigenvalue weighted by Crippen LogP contribution is 2.64. The van der Waals surface area contributed by atoms with E-state index in [2.05, 4.69) is 17.2 Å². The maximum Gasteiger partial charge on any atom is 0.490 e. The van der Waals surface area contributed by atoms with E-state index in [1.807, 2.05) is 0 Å². The second-order valence-corrected chi connectivity index (χ2v) is 17.8. The molecule has 0 aromatic heterocycles. The molecule has 0 saturated heterocycles. The first-order valence-electron chi connectivity index (χ1n) is 7.69. The van der Waals surface area contributed by atoms with Crippen LogP contribution < -0.4 is 0 Å². The van der Waals surface area contributed by atoms with Crippen LogP contribution in [-0.2, 0) is 62.9 Å². The van der Waals surface area contributed by atoms with Gasteiger partial charge in [-0.3, -0.25) is 0 Å². The minimum atomic E-state index is -5.46. The average molecular weight is 942 g/mol. The van der Waals surface area contributed by atoms with Crippen LogP contribution >= 0.6 is 78.2 Å². The Morgan fingerprint density at radius 1 is 0.229 bits per heavy atom. The molecular formula is H24O38P10-2. The van der Waals surface area contributed by atoms with Crippen molar-refractivity contribution in [1.82, 2.24) is 0 Å². The standard InChI is InChI=1S/H5O10P3.2H4O7P2.3H3O4P.2H2O/c1-11(2,3)9-13(7,8)10-12(4,5)6;2*1-8(2,3)7-9(4,5)6;3*1-5(2,3)4;;/h(H,7,8)(H2,1,2,3)(H2,4,5,6);2*(H2,1,2,3)(H2,4,5,6);3*(H3,1,2,3,4);2*1H2/p-2. The van der Waals surface area contributed by atoms with Gasteiger partial charge in [-0.1, -0.05) is 0 Å². The molecule has 0 bridgehead atoms. The predicted octanol–water partition coefficient (Wildman–Crippen LogP) is -5.46. The fourth-order valence-corrected chi connectivity index (χ4v) is 5.32. The van der Waals surface area contributed by atoms with Gasteiger partial charge in [0.2, 0.25) is 0 Å². The maximum atomic E-state index is 10.4. The quantitative estimate of drug-likeness (QED) is 0.101. The number of hydrogen-bond acceptors (Lipinski definition) is 16. The van der Waals surface area contributed by atoms with Crippen molar-refractivity contribution in [3.05, 3.63) is 0 Å². The zero-order valence-electron chi connectivity index (χ0n) is 20.9. The number of rotatable bonds is 8. The van der Waals surface area contributed by atoms with Crippen LogP contribution in [0.2, 0.25) is 0 Å². The zero-order valence-corrected chi connectivity index (χ0v) is 29.9. The van der Waals surface area contributed by atoms with Gasteiger partial charge in [-0.15, -0.1) is 0 Å². The Balaban J connectivity index is -0.0000000688. The maximum absolute atomic E-state index is 10.4. The molecule has 0 heterocycles. The third-order valence-corrected chi connectivity index (χ3v) is 7.60. The summed E-state index contributed by atoms with van der Waals surface area (Å²) in [7, 11) is -50.3. The molecule has 0 aliphatic rings. The van der Waals surface area contributed by atoms with Crippen LogP contribution in [-0.4, -0.2) is 119 Å². The average Bonchev–Trinajstić information content (AvgIpc) is 2.36. The molecule has 0 aromatic carbocycles. The first kappa shape index (κ1) is 67.3. The van der Waals surface area contributed by atoms with E-state index in [-0.39, 0.29) is 11.0 Å². The Morgan fingerprint density at radius 2 is 0.312 bits per heavy atom. The third kappa shape index (κ3) is 159. The molecule has 0 rings (SSSR count). The van der Waals surface area contributed by atoms with Gasteiger partial charge >= 0.3 is 78.2 Å². The summed E-state index contributed by atoms with van der Waals surface area (Å²) in [6.45, 7) is 0. The lowest BCUT2D eigenvalue weighted by Crippen LogP contribution is -1.91. The second kappa shape index (κ2) is 25.2. The Bertz CT molecular complexity index is 1130. The van der Waals surface area contributed by atoms with E-state index < -0.39 is 78.2 Å². The topological polar surface area (TPSA) is 713 Å². The van der Waals surface area contributed by atoms with E-state index >= 15 is 0 Å². The fourth-order valence-electron chi connectivity index (χ4n) is 0.561. The summed E-state index contributed by atoms with van der Waals surface area (Å²) < 4.78 is 107. The van der Waals surface area contributed by atoms with Crippen LogP contribution in [0.4, 0.5) is 0 Å². The molecule has 48 heavy (non-hydrogen) atoms. The van der Waals surface area contributed by atoms with E-state index in [1.54, 1.807) is 0 Å². The van der Waals surface area contributed by atoms with E-state index in [0.29, 0.717) is 0 Å². The Labute approximate surface area is 260 Å². The van der Waals surface area contributed by atoms with Crippen LogP contribution in [0.25, 0.3) is 0 Å². The van der Waals surface area contributed by atoms with Gasteiger partial charge in [0.1, 0.15) is 0 Å². The van der Waals surface area contributed by atoms with E-state index in [4.69, 9.17) is 121 Å². The lowest BCUT2D eigenvalue weighted by atomic mass is 15.7. The first-order chi connectivity index (χ1) is 18.8. The lowest BCUT2D eigenvalue weighted by molar-refractivity contribution is 0.202. The van der Waals surface area contributed by atoms with Crippen molar-refractivity contribution >= 4 is 78.2 Å². The molecule has 0 saturated carbocycles. The normalized spacial score (nSPS) is 12.8. The summed E-state index contributed by atoms with van der Waals surface area (Å²) in [4.78, 5) is 167. The molecule has 304 valence electrons. The van der Waals surface area contributed by atoms with Gasteiger partial charge in [0.15, 0.2) is 0 Å². The van der Waals surface area contributed by atoms with Crippen molar-refractivity contribution in [3.8, 4) is 0 Å². The highest BCUT2D eigenvalue weighted by atomic mass is 31.3. The van der Waals surface area contributed by atoms with Gasteiger partial charge in [-0.05, 0) is 0 Å². The van der Waals surface area contributed by atoms with Gasteiger partial charge in [0, 0.05) is 0 Å². The van der Waals surface area contributed by atoms with Crippen LogP contribution in [0.5, 0.6) is 0 Å². The lowest BCUT2D eigenvalue weighted by Gasteiger charge is -2.11. The molecule has 24 N–H and O–H groups in total. The minimum absolute atomic E-state index is 0. The predicted molar refractivity (Wildman–Crippen MR) is 133 cm³/mol. The van der Waals surface area contributed by atoms with Crippen LogP contribution in [0.3, 0.4) is 0 Å². The molecule has 48 heteroatoms. The fraction of sp³-hybridized carbons (Fsp3) is 0. The largest absolute Gasteiger partial charge is 0.870 e. The summed E-state index contributed by atoms with van der Waals surface area (Å²) in [5.74, 6) is 0. The molecule has 0 aliphatic carbocycles. The van der Waals surface area contributed by atoms with E-state index in [9.17, 15) is 32.0 Å². The molecule has 38 nitrogen and oxygen atoms in total. The SMILES string of the molecule is O=P(O)(O)O.O=P(O)(O)O.O=P(O)(O)O.O=P(O)(O)OP(=O)(O)O.O=P(O)(O)OP(=O)(O)O.O=P(O)(O)OP(=O)(O)OP(=O)(O)O.[OH-].[OH-]. The molecule has 0 fully saturated rings. The smallest absolute Gasteiger partial charge is 0.490 e. The highest BCUT2D eigenvalue weighted by molar-refractivity contribution is 7.66. The van der Waals surface area contributed by atoms with Crippen molar-refractivity contribution in [2.75, 3.05) is 0 Å². The van der Waals surface area contributed by atoms with Crippen molar-refractivity contribution in [3.63, 3.8) is 0 Å². The minimum Gasteiger partial charge on any atom is -0.870 e. The van der Waals surface area contributed by atoms with E-state index in [1.165, 1.54) is 0 Å². The van der Waals surface area contributed by atoms with Crippen molar-refractivity contribution in [2.45, 2.75) is 0 Å². The molecule has 0 spiro atoms. The monoisotopic (exact) mass is 942 g/mol. The highest BCUT2D eigenvalue weighted by Gasteiger charge is 2.38. The Morgan fingerprint density at radius 3 is 0.354 bits per heavy atom. The van der Waals surface area contributed by atoms with Crippen LogP contribution in [0.15, 0.2) is 0 Å². The molecule has 0 atom stereocenters. The van der Waals surface area contributed by atoms with E-state index in [0.717, 1.165) is 0 Å². The van der Waals surface area contributed by atoms with Gasteiger partial charge in [-0.25, -0.2) is 45.7 Å². The molecule has 0 aliphatic heterocycles. The van der Waals surface area contributed by atoms with Crippen molar-refractivity contribution < 1.29 is 182 Å². The summed E-state index contributed by atoms with van der Waals surface area (Å²) in [5, 5.41) is 0. The molecular weight excluding hydrogens is 918 g/mol. The summed E-state index contributed by atoms with van der Waals surface area (Å²) in [5.41, 5.74) is 0. The summed E-state index contributed by atoms with van der Waals surface area (Å²) in [6.07, 6.45) is 0. The molecule has 0 amide bonds. The Hall–Kier alpha value is 1.18. The molecule has 0 aromatic rings. The zero-order chi connectivity index (χ0) is 39.8. The second-order valence-electron chi connectivity index (χ2n) is 5.28. The van der Waals surface area contributed by atoms with Gasteiger partial charge in [0.25, 0.3) is 0 Å². The van der Waals surface area contributed by atoms with Crippen molar-refractivity contribution in [2.24, 2.45) is 0 Å². The number of phosphoric acid groups is 10. The van der Waals surface area contributed by atoms with Gasteiger partial charge < -0.3 is 119 Å². The van der Waals surface area contributed by atoms with Crippen molar-refractivity contribution in [1.29, 1.82) is 0 Å². The molecule has 0 unspecified atom stereocenters. The summed E-state index contributed by atoms with van der Waals surface area (Å²) >= 11 is 0. The third-order valence-electron chi connectivity index (χ3n) is 0.845. The van der Waals surface area contributed by atoms with Crippen LogP contribution in [0.1, 0.15) is 0 Å². The summed E-state index contributed by atoms with van der Waals surface area (Å²) in [6, 6.07) is 0. The number of hydrogen-bond donors (Lipinski definition) is 22.